The van der Waals surface area contributed by atoms with Crippen LogP contribution in [-0.2, 0) is 12.8 Å². The Labute approximate surface area is 118 Å². The SMILES string of the molecule is Clc1ccccc1CCc1cccc2ccccc12. The van der Waals surface area contributed by atoms with Crippen molar-refractivity contribution in [3.63, 3.8) is 0 Å². The number of rotatable bonds is 3. The van der Waals surface area contributed by atoms with E-state index in [1.165, 1.54) is 21.9 Å². The lowest BCUT2D eigenvalue weighted by Crippen LogP contribution is -1.93. The molecule has 0 bridgehead atoms. The molecule has 0 amide bonds. The van der Waals surface area contributed by atoms with Crippen LogP contribution in [0.2, 0.25) is 5.02 Å². The van der Waals surface area contributed by atoms with Crippen molar-refractivity contribution in [1.82, 2.24) is 0 Å². The van der Waals surface area contributed by atoms with Crippen LogP contribution >= 0.6 is 11.6 Å². The molecule has 3 aromatic carbocycles. The summed E-state index contributed by atoms with van der Waals surface area (Å²) in [4.78, 5) is 0. The molecule has 0 spiro atoms. The van der Waals surface area contributed by atoms with Gasteiger partial charge in [0.05, 0.1) is 0 Å². The van der Waals surface area contributed by atoms with Gasteiger partial charge in [-0.25, -0.2) is 0 Å². The van der Waals surface area contributed by atoms with Crippen molar-refractivity contribution < 1.29 is 0 Å². The summed E-state index contributed by atoms with van der Waals surface area (Å²) in [6, 6.07) is 23.1. The summed E-state index contributed by atoms with van der Waals surface area (Å²) in [5, 5.41) is 3.51. The summed E-state index contributed by atoms with van der Waals surface area (Å²) in [5.74, 6) is 0. The van der Waals surface area contributed by atoms with Crippen LogP contribution in [0.3, 0.4) is 0 Å². The first-order valence-electron chi connectivity index (χ1n) is 6.54. The molecular formula is C18H15Cl. The number of hydrogen-bond donors (Lipinski definition) is 0. The third-order valence-corrected chi connectivity index (χ3v) is 3.87. The normalized spacial score (nSPS) is 10.8. The second kappa shape index (κ2) is 5.46. The van der Waals surface area contributed by atoms with Gasteiger partial charge in [-0.3, -0.25) is 0 Å². The molecule has 94 valence electrons. The van der Waals surface area contributed by atoms with Crippen LogP contribution in [0.5, 0.6) is 0 Å². The highest BCUT2D eigenvalue weighted by Crippen LogP contribution is 2.22. The maximum atomic E-state index is 6.21. The number of halogens is 1. The van der Waals surface area contributed by atoms with Gasteiger partial charge in [0.25, 0.3) is 0 Å². The highest BCUT2D eigenvalue weighted by molar-refractivity contribution is 6.31. The minimum atomic E-state index is 0.864. The summed E-state index contributed by atoms with van der Waals surface area (Å²) >= 11 is 6.21. The van der Waals surface area contributed by atoms with E-state index in [9.17, 15) is 0 Å². The zero-order valence-corrected chi connectivity index (χ0v) is 11.4. The lowest BCUT2D eigenvalue weighted by Gasteiger charge is -2.07. The van der Waals surface area contributed by atoms with Crippen molar-refractivity contribution in [2.75, 3.05) is 0 Å². The van der Waals surface area contributed by atoms with E-state index in [2.05, 4.69) is 48.5 Å². The van der Waals surface area contributed by atoms with Crippen LogP contribution in [-0.4, -0.2) is 0 Å². The predicted octanol–water partition coefficient (Wildman–Crippen LogP) is 5.28. The predicted molar refractivity (Wildman–Crippen MR) is 82.8 cm³/mol. The van der Waals surface area contributed by atoms with Crippen LogP contribution in [0, 0.1) is 0 Å². The largest absolute Gasteiger partial charge is 0.0840 e. The average molecular weight is 267 g/mol. The maximum Gasteiger partial charge on any atom is 0.0438 e. The molecule has 0 unspecified atom stereocenters. The van der Waals surface area contributed by atoms with E-state index in [1.54, 1.807) is 0 Å². The van der Waals surface area contributed by atoms with E-state index in [0.29, 0.717) is 0 Å². The molecule has 0 nitrogen and oxygen atoms in total. The molecule has 0 aromatic heterocycles. The molecule has 0 saturated carbocycles. The van der Waals surface area contributed by atoms with Gasteiger partial charge in [-0.15, -0.1) is 0 Å². The van der Waals surface area contributed by atoms with Crippen LogP contribution in [0.15, 0.2) is 66.7 Å². The van der Waals surface area contributed by atoms with Crippen LogP contribution in [0.4, 0.5) is 0 Å². The number of hydrogen-bond acceptors (Lipinski definition) is 0. The Morgan fingerprint density at radius 2 is 1.26 bits per heavy atom. The lowest BCUT2D eigenvalue weighted by atomic mass is 9.99. The lowest BCUT2D eigenvalue weighted by molar-refractivity contribution is 0.969. The molecule has 0 aliphatic heterocycles. The van der Waals surface area contributed by atoms with Gasteiger partial charge in [-0.05, 0) is 40.8 Å². The fourth-order valence-electron chi connectivity index (χ4n) is 2.48. The van der Waals surface area contributed by atoms with E-state index < -0.39 is 0 Å². The highest BCUT2D eigenvalue weighted by atomic mass is 35.5. The molecule has 0 heterocycles. The topological polar surface area (TPSA) is 0 Å². The Balaban J connectivity index is 1.88. The van der Waals surface area contributed by atoms with Gasteiger partial charge in [-0.2, -0.15) is 0 Å². The van der Waals surface area contributed by atoms with Gasteiger partial charge in [-0.1, -0.05) is 72.3 Å². The first-order chi connectivity index (χ1) is 9.34. The smallest absolute Gasteiger partial charge is 0.0438 e. The fourth-order valence-corrected chi connectivity index (χ4v) is 2.71. The summed E-state index contributed by atoms with van der Waals surface area (Å²) in [5.41, 5.74) is 2.61. The van der Waals surface area contributed by atoms with Crippen molar-refractivity contribution in [3.8, 4) is 0 Å². The third-order valence-electron chi connectivity index (χ3n) is 3.50. The summed E-state index contributed by atoms with van der Waals surface area (Å²) in [7, 11) is 0. The molecular weight excluding hydrogens is 252 g/mol. The van der Waals surface area contributed by atoms with Gasteiger partial charge in [0.1, 0.15) is 0 Å². The summed E-state index contributed by atoms with van der Waals surface area (Å²) in [6.45, 7) is 0. The summed E-state index contributed by atoms with van der Waals surface area (Å²) in [6.07, 6.45) is 2.00. The van der Waals surface area contributed by atoms with E-state index in [0.717, 1.165) is 17.9 Å². The fraction of sp³-hybridized carbons (Fsp3) is 0.111. The monoisotopic (exact) mass is 266 g/mol. The molecule has 0 N–H and O–H groups in total. The van der Waals surface area contributed by atoms with E-state index in [4.69, 9.17) is 11.6 Å². The average Bonchev–Trinajstić information content (AvgIpc) is 2.46. The maximum absolute atomic E-state index is 6.21. The van der Waals surface area contributed by atoms with Crippen molar-refractivity contribution in [2.45, 2.75) is 12.8 Å². The molecule has 3 aromatic rings. The minimum Gasteiger partial charge on any atom is -0.0840 e. The van der Waals surface area contributed by atoms with Gasteiger partial charge in [0, 0.05) is 5.02 Å². The second-order valence-electron chi connectivity index (χ2n) is 4.73. The van der Waals surface area contributed by atoms with E-state index in [1.807, 2.05) is 18.2 Å². The standard InChI is InChI=1S/C18H15Cl/c19-18-11-4-2-7-16(18)13-12-15-9-5-8-14-6-1-3-10-17(14)15/h1-11H,12-13H2. The Kier molecular flexibility index (Phi) is 3.52. The van der Waals surface area contributed by atoms with Gasteiger partial charge in [0.15, 0.2) is 0 Å². The van der Waals surface area contributed by atoms with E-state index >= 15 is 0 Å². The summed E-state index contributed by atoms with van der Waals surface area (Å²) < 4.78 is 0. The van der Waals surface area contributed by atoms with E-state index in [-0.39, 0.29) is 0 Å². The number of fused-ring (bicyclic) bond motifs is 1. The second-order valence-corrected chi connectivity index (χ2v) is 5.14. The molecule has 19 heavy (non-hydrogen) atoms. The zero-order valence-electron chi connectivity index (χ0n) is 10.6. The first-order valence-corrected chi connectivity index (χ1v) is 6.92. The van der Waals surface area contributed by atoms with Crippen molar-refractivity contribution in [1.29, 1.82) is 0 Å². The van der Waals surface area contributed by atoms with Gasteiger partial charge < -0.3 is 0 Å². The Bertz CT molecular complexity index is 695. The van der Waals surface area contributed by atoms with Crippen molar-refractivity contribution in [2.24, 2.45) is 0 Å². The molecule has 0 aliphatic carbocycles. The molecule has 1 heteroatoms. The number of benzene rings is 3. The highest BCUT2D eigenvalue weighted by Gasteiger charge is 2.03. The zero-order chi connectivity index (χ0) is 13.1. The molecule has 0 saturated heterocycles. The van der Waals surface area contributed by atoms with Crippen LogP contribution in [0.1, 0.15) is 11.1 Å². The van der Waals surface area contributed by atoms with Crippen molar-refractivity contribution >= 4 is 22.4 Å². The van der Waals surface area contributed by atoms with Gasteiger partial charge >= 0.3 is 0 Å². The minimum absolute atomic E-state index is 0.864. The third kappa shape index (κ3) is 2.64. The molecule has 0 radical (unpaired) electrons. The van der Waals surface area contributed by atoms with Gasteiger partial charge in [0.2, 0.25) is 0 Å². The molecule has 0 atom stereocenters. The first kappa shape index (κ1) is 12.3. The molecule has 0 aliphatic rings. The quantitative estimate of drug-likeness (QED) is 0.605. The Hall–Kier alpha value is -1.79. The van der Waals surface area contributed by atoms with Crippen molar-refractivity contribution in [3.05, 3.63) is 82.9 Å². The van der Waals surface area contributed by atoms with Crippen LogP contribution in [0.25, 0.3) is 10.8 Å². The molecule has 3 rings (SSSR count). The molecule has 0 fully saturated rings. The number of aryl methyl sites for hydroxylation is 2. The Morgan fingerprint density at radius 1 is 0.632 bits per heavy atom. The Morgan fingerprint density at radius 3 is 2.16 bits per heavy atom. The van der Waals surface area contributed by atoms with Crippen LogP contribution < -0.4 is 0 Å².